The fourth-order valence-corrected chi connectivity index (χ4v) is 10.6. The lowest BCUT2D eigenvalue weighted by Crippen LogP contribution is -2.63. The van der Waals surface area contributed by atoms with E-state index in [9.17, 15) is 48.3 Å². The SMILES string of the molecule is CCOC[C@@H](C)[C@@H](O)[C@H]1C(=O)N[C@@H](CC)C(=O)N(C)CC(=O)N(C)[C@@H](CC(C)C)C(=O)N[C@@H](C(C)C)C(=O)N(C)[C@@H](CC(C)C)C(=O)N[C@@H](C)C(=O)N[C@H](C)C(=O)N(C)[C@@H](CC(C)C)C(=O)N(C)[C@@H](CC(C)C)C(=O)N(C)[C@@H](C(C)C)C(=O)N1C. The molecular weight excluding hydrogens is 1090 g/mol. The van der Waals surface area contributed by atoms with Crippen LogP contribution in [-0.4, -0.2) is 240 Å². The summed E-state index contributed by atoms with van der Waals surface area (Å²) in [6, 6.07) is -12.4. The smallest absolute Gasteiger partial charge is 0.246 e. The van der Waals surface area contributed by atoms with Crippen LogP contribution < -0.4 is 21.3 Å². The van der Waals surface area contributed by atoms with Gasteiger partial charge in [0.1, 0.15) is 60.4 Å². The minimum Gasteiger partial charge on any atom is -0.390 e. The van der Waals surface area contributed by atoms with E-state index < -0.39 is 156 Å². The highest BCUT2D eigenvalue weighted by Gasteiger charge is 2.46. The maximum atomic E-state index is 15.1. The zero-order chi connectivity index (χ0) is 66.0. The van der Waals surface area contributed by atoms with Gasteiger partial charge in [0, 0.05) is 61.9 Å². The Morgan fingerprint density at radius 1 is 0.447 bits per heavy atom. The lowest BCUT2D eigenvalue weighted by molar-refractivity contribution is -0.157. The molecule has 1 aliphatic rings. The third-order valence-electron chi connectivity index (χ3n) is 15.9. The molecule has 0 aliphatic carbocycles. The third kappa shape index (κ3) is 21.8. The van der Waals surface area contributed by atoms with Crippen LogP contribution in [0.2, 0.25) is 0 Å². The normalized spacial score (nSPS) is 26.8. The maximum absolute atomic E-state index is 15.1. The number of nitrogens with zero attached hydrogens (tertiary/aromatic N) is 7. The van der Waals surface area contributed by atoms with Crippen molar-refractivity contribution in [1.82, 2.24) is 55.6 Å². The largest absolute Gasteiger partial charge is 0.390 e. The molecular formula is C61H111N11O13. The van der Waals surface area contributed by atoms with Crippen LogP contribution in [0.1, 0.15) is 150 Å². The fourth-order valence-electron chi connectivity index (χ4n) is 10.6. The van der Waals surface area contributed by atoms with Crippen molar-refractivity contribution in [2.24, 2.45) is 41.4 Å². The van der Waals surface area contributed by atoms with Crippen LogP contribution in [0.15, 0.2) is 0 Å². The van der Waals surface area contributed by atoms with Gasteiger partial charge >= 0.3 is 0 Å². The molecule has 5 N–H and O–H groups in total. The van der Waals surface area contributed by atoms with Gasteiger partial charge in [-0.2, -0.15) is 0 Å². The Labute approximate surface area is 508 Å². The summed E-state index contributed by atoms with van der Waals surface area (Å²) in [6.07, 6.45) is -0.966. The number of aliphatic hydroxyl groups is 1. The van der Waals surface area contributed by atoms with E-state index in [4.69, 9.17) is 4.74 Å². The number of carbonyl (C=O) groups excluding carboxylic acids is 11. The van der Waals surface area contributed by atoms with Crippen molar-refractivity contribution in [1.29, 1.82) is 0 Å². The second-order valence-corrected chi connectivity index (χ2v) is 25.9. The van der Waals surface area contributed by atoms with Gasteiger partial charge in [-0.15, -0.1) is 0 Å². The van der Waals surface area contributed by atoms with Crippen LogP contribution in [0, 0.1) is 41.4 Å². The minimum absolute atomic E-state index is 0.00880. The molecule has 1 saturated heterocycles. The van der Waals surface area contributed by atoms with Gasteiger partial charge in [0.2, 0.25) is 65.0 Å². The first-order valence-electron chi connectivity index (χ1n) is 30.5. The molecule has 24 nitrogen and oxygen atoms in total. The number of likely N-dealkylation sites (N-methyl/N-ethyl adjacent to an activating group) is 7. The second kappa shape index (κ2) is 35.0. The summed E-state index contributed by atoms with van der Waals surface area (Å²) < 4.78 is 5.63. The van der Waals surface area contributed by atoms with Crippen molar-refractivity contribution in [3.63, 3.8) is 0 Å². The van der Waals surface area contributed by atoms with Crippen LogP contribution in [0.3, 0.4) is 0 Å². The molecule has 0 aromatic heterocycles. The van der Waals surface area contributed by atoms with Crippen molar-refractivity contribution in [2.75, 3.05) is 69.1 Å². The van der Waals surface area contributed by atoms with E-state index in [1.165, 1.54) is 87.7 Å². The first-order chi connectivity index (χ1) is 39.2. The predicted octanol–water partition coefficient (Wildman–Crippen LogP) is 2.34. The minimum atomic E-state index is -1.66. The number of nitrogens with one attached hydrogen (secondary N) is 4. The van der Waals surface area contributed by atoms with Gasteiger partial charge in [0.05, 0.1) is 19.3 Å². The standard InChI is InChI=1S/C61H111N11O13/c1-25-42-57(80)66(18)31-47(73)67(19)43(27-33(3)4)54(77)65-48(37(11)12)60(83)68(20)44(28-34(5)6)53(76)62-40(16)52(75)63-41(17)56(79)69(21)45(29-35(7)8)58(81)70(22)46(30-36(9)10)59(82)71(23)49(38(13)14)61(84)72(24)50(55(78)64-42)51(74)39(15)32-85-26-2/h33-46,48-51,74H,25-32H2,1-24H3,(H,62,76)(H,63,75)(H,64,78)(H,65,77)/t39-,40+,41-,42+,43+,44+,45+,46+,48+,49+,50+,51-/m1/s1. The topological polar surface area (TPSA) is 288 Å². The molecule has 0 saturated carbocycles. The van der Waals surface area contributed by atoms with E-state index in [1.807, 2.05) is 55.4 Å². The number of amides is 11. The molecule has 1 heterocycles. The summed E-state index contributed by atoms with van der Waals surface area (Å²) in [6.45, 7) is 29.4. The molecule has 0 radical (unpaired) electrons. The lowest BCUT2D eigenvalue weighted by atomic mass is 9.93. The van der Waals surface area contributed by atoms with Gasteiger partial charge in [-0.25, -0.2) is 0 Å². The summed E-state index contributed by atoms with van der Waals surface area (Å²) in [5.74, 6) is -9.99. The van der Waals surface area contributed by atoms with Gasteiger partial charge in [-0.3, -0.25) is 52.7 Å². The highest BCUT2D eigenvalue weighted by atomic mass is 16.5. The van der Waals surface area contributed by atoms with Gasteiger partial charge in [0.25, 0.3) is 0 Å². The quantitative estimate of drug-likeness (QED) is 0.149. The van der Waals surface area contributed by atoms with E-state index in [2.05, 4.69) is 21.3 Å². The molecule has 0 aromatic carbocycles. The van der Waals surface area contributed by atoms with Crippen LogP contribution in [0.4, 0.5) is 0 Å². The van der Waals surface area contributed by atoms with Crippen LogP contribution in [0.5, 0.6) is 0 Å². The highest BCUT2D eigenvalue weighted by Crippen LogP contribution is 2.25. The van der Waals surface area contributed by atoms with Crippen molar-refractivity contribution >= 4 is 65.0 Å². The van der Waals surface area contributed by atoms with Crippen LogP contribution in [0.25, 0.3) is 0 Å². The molecule has 12 atom stereocenters. The van der Waals surface area contributed by atoms with E-state index >= 15 is 9.59 Å². The van der Waals surface area contributed by atoms with Gasteiger partial charge in [0.15, 0.2) is 0 Å². The number of aliphatic hydroxyl groups excluding tert-OH is 1. The van der Waals surface area contributed by atoms with Gasteiger partial charge in [-0.05, 0) is 88.4 Å². The summed E-state index contributed by atoms with van der Waals surface area (Å²) in [5.41, 5.74) is 0. The van der Waals surface area contributed by atoms with Crippen molar-refractivity contribution in [3.8, 4) is 0 Å². The fraction of sp³-hybridized carbons (Fsp3) is 0.820. The van der Waals surface area contributed by atoms with E-state index in [1.54, 1.807) is 48.5 Å². The lowest BCUT2D eigenvalue weighted by Gasteiger charge is -2.41. The molecule has 0 aromatic rings. The first kappa shape index (κ1) is 77.1. The monoisotopic (exact) mass is 1210 g/mol. The Morgan fingerprint density at radius 3 is 1.31 bits per heavy atom. The Kier molecular flexibility index (Phi) is 31.8. The third-order valence-corrected chi connectivity index (χ3v) is 15.9. The zero-order valence-electron chi connectivity index (χ0n) is 56.0. The van der Waals surface area contributed by atoms with Crippen molar-refractivity contribution in [3.05, 3.63) is 0 Å². The Morgan fingerprint density at radius 2 is 0.859 bits per heavy atom. The molecule has 24 heteroatoms. The number of hydrogen-bond acceptors (Lipinski definition) is 13. The highest BCUT2D eigenvalue weighted by molar-refractivity contribution is 5.99. The summed E-state index contributed by atoms with van der Waals surface area (Å²) >= 11 is 0. The van der Waals surface area contributed by atoms with Gasteiger partial charge < -0.3 is 65.4 Å². The van der Waals surface area contributed by atoms with Crippen LogP contribution in [-0.2, 0) is 57.5 Å². The molecule has 1 aliphatic heterocycles. The molecule has 85 heavy (non-hydrogen) atoms. The van der Waals surface area contributed by atoms with E-state index in [0.717, 1.165) is 9.80 Å². The first-order valence-corrected chi connectivity index (χ1v) is 30.5. The zero-order valence-corrected chi connectivity index (χ0v) is 56.0. The van der Waals surface area contributed by atoms with E-state index in [-0.39, 0.29) is 69.0 Å². The van der Waals surface area contributed by atoms with Crippen molar-refractivity contribution < 1.29 is 62.6 Å². The molecule has 11 amide bonds. The van der Waals surface area contributed by atoms with E-state index in [0.29, 0.717) is 0 Å². The Bertz CT molecular complexity index is 2280. The summed E-state index contributed by atoms with van der Waals surface area (Å²) in [4.78, 5) is 168. The maximum Gasteiger partial charge on any atom is 0.246 e. The summed E-state index contributed by atoms with van der Waals surface area (Å²) in [7, 11) is 9.85. The molecule has 1 rings (SSSR count). The predicted molar refractivity (Wildman–Crippen MR) is 326 cm³/mol. The average Bonchev–Trinajstić information content (AvgIpc) is 3.62. The number of hydrogen-bond donors (Lipinski definition) is 5. The number of carbonyl (C=O) groups is 11. The molecule has 0 bridgehead atoms. The molecule has 0 unspecified atom stereocenters. The molecule has 488 valence electrons. The Balaban J connectivity index is 4.31. The second-order valence-electron chi connectivity index (χ2n) is 25.9. The molecule has 1 fully saturated rings. The average molecular weight is 1210 g/mol. The van der Waals surface area contributed by atoms with Gasteiger partial charge in [-0.1, -0.05) is 96.9 Å². The Hall–Kier alpha value is -5.91. The summed E-state index contributed by atoms with van der Waals surface area (Å²) in [5, 5.41) is 23.0. The number of rotatable bonds is 16. The number of ether oxygens (including phenoxy) is 1. The van der Waals surface area contributed by atoms with Crippen LogP contribution >= 0.6 is 0 Å². The van der Waals surface area contributed by atoms with Crippen molar-refractivity contribution in [2.45, 2.75) is 216 Å². The molecule has 0 spiro atoms.